The number of benzene rings is 1. The topological polar surface area (TPSA) is 12.0 Å². The zero-order valence-corrected chi connectivity index (χ0v) is 9.72. The van der Waals surface area contributed by atoms with Crippen molar-refractivity contribution in [1.29, 1.82) is 0 Å². The molecule has 0 bridgehead atoms. The molecule has 4 heteroatoms. The summed E-state index contributed by atoms with van der Waals surface area (Å²) in [6.45, 7) is 6.14. The van der Waals surface area contributed by atoms with Gasteiger partial charge in [0, 0.05) is 6.04 Å². The van der Waals surface area contributed by atoms with Gasteiger partial charge in [0.25, 0.3) is 0 Å². The first-order valence-corrected chi connectivity index (χ1v) is 5.46. The molecule has 1 aromatic rings. The van der Waals surface area contributed by atoms with Crippen LogP contribution in [-0.4, -0.2) is 6.54 Å². The van der Waals surface area contributed by atoms with Crippen molar-refractivity contribution in [2.24, 2.45) is 0 Å². The minimum absolute atomic E-state index is 0.0998. The van der Waals surface area contributed by atoms with Crippen LogP contribution >= 0.6 is 0 Å². The van der Waals surface area contributed by atoms with Gasteiger partial charge in [-0.05, 0) is 37.6 Å². The number of halogens is 3. The van der Waals surface area contributed by atoms with Crippen LogP contribution in [0.4, 0.5) is 13.2 Å². The molecule has 0 amide bonds. The minimum atomic E-state index is -4.28. The van der Waals surface area contributed by atoms with Gasteiger partial charge in [-0.3, -0.25) is 0 Å². The van der Waals surface area contributed by atoms with E-state index in [9.17, 15) is 13.2 Å². The van der Waals surface area contributed by atoms with E-state index in [0.29, 0.717) is 12.1 Å². The molecule has 0 saturated carbocycles. The number of rotatable bonds is 5. The molecule has 0 spiro atoms. The summed E-state index contributed by atoms with van der Waals surface area (Å²) in [4.78, 5) is 0. The molecule has 1 aromatic carbocycles. The van der Waals surface area contributed by atoms with Crippen molar-refractivity contribution in [3.8, 4) is 0 Å². The Balaban J connectivity index is 2.74. The maximum absolute atomic E-state index is 12.5. The molecular weight excluding hydrogens is 227 g/mol. The maximum atomic E-state index is 12.5. The molecule has 0 fully saturated rings. The average molecular weight is 243 g/mol. The van der Waals surface area contributed by atoms with Crippen molar-refractivity contribution < 1.29 is 13.2 Å². The van der Waals surface area contributed by atoms with Gasteiger partial charge in [-0.25, -0.2) is 0 Å². The van der Waals surface area contributed by atoms with Crippen LogP contribution in [0.1, 0.15) is 30.5 Å². The van der Waals surface area contributed by atoms with Gasteiger partial charge >= 0.3 is 6.18 Å². The third kappa shape index (κ3) is 4.23. The fourth-order valence-electron chi connectivity index (χ4n) is 1.50. The molecule has 0 aliphatic carbocycles. The first-order valence-electron chi connectivity index (χ1n) is 5.46. The van der Waals surface area contributed by atoms with E-state index in [-0.39, 0.29) is 6.04 Å². The molecule has 17 heavy (non-hydrogen) atoms. The first-order chi connectivity index (χ1) is 7.95. The number of alkyl halides is 3. The summed E-state index contributed by atoms with van der Waals surface area (Å²) < 4.78 is 37.5. The second-order valence-electron chi connectivity index (χ2n) is 3.88. The van der Waals surface area contributed by atoms with Gasteiger partial charge in [-0.2, -0.15) is 13.2 Å². The average Bonchev–Trinajstić information content (AvgIpc) is 2.28. The second-order valence-corrected chi connectivity index (χ2v) is 3.88. The van der Waals surface area contributed by atoms with E-state index >= 15 is 0 Å². The number of hydrogen-bond donors (Lipinski definition) is 1. The Labute approximate surface area is 99.3 Å². The molecule has 1 atom stereocenters. The Morgan fingerprint density at radius 3 is 2.71 bits per heavy atom. The van der Waals surface area contributed by atoms with Crippen LogP contribution in [0.2, 0.25) is 0 Å². The van der Waals surface area contributed by atoms with Crippen molar-refractivity contribution in [3.63, 3.8) is 0 Å². The normalized spacial score (nSPS) is 13.4. The van der Waals surface area contributed by atoms with Crippen LogP contribution in [0.25, 0.3) is 0 Å². The highest BCUT2D eigenvalue weighted by Crippen LogP contribution is 2.30. The zero-order chi connectivity index (χ0) is 12.9. The molecule has 0 heterocycles. The second kappa shape index (κ2) is 5.87. The molecule has 0 radical (unpaired) electrons. The summed E-state index contributed by atoms with van der Waals surface area (Å²) in [7, 11) is 0. The summed E-state index contributed by atoms with van der Waals surface area (Å²) >= 11 is 0. The molecule has 0 aliphatic heterocycles. The van der Waals surface area contributed by atoms with E-state index in [1.807, 2.05) is 6.92 Å². The van der Waals surface area contributed by atoms with Crippen molar-refractivity contribution >= 4 is 0 Å². The van der Waals surface area contributed by atoms with Gasteiger partial charge in [-0.15, -0.1) is 6.58 Å². The monoisotopic (exact) mass is 243 g/mol. The quantitative estimate of drug-likeness (QED) is 0.610. The largest absolute Gasteiger partial charge is 0.416 e. The fraction of sp³-hybridized carbons (Fsp3) is 0.385. The number of hydrogen-bond acceptors (Lipinski definition) is 1. The van der Waals surface area contributed by atoms with Crippen LogP contribution in [0.3, 0.4) is 0 Å². The van der Waals surface area contributed by atoms with E-state index in [1.54, 1.807) is 12.1 Å². The Morgan fingerprint density at radius 1 is 1.41 bits per heavy atom. The zero-order valence-electron chi connectivity index (χ0n) is 9.72. The van der Waals surface area contributed by atoms with Gasteiger partial charge in [0.1, 0.15) is 0 Å². The number of nitrogens with one attached hydrogen (secondary N) is 1. The predicted molar refractivity (Wildman–Crippen MR) is 62.7 cm³/mol. The van der Waals surface area contributed by atoms with E-state index < -0.39 is 11.7 Å². The maximum Gasteiger partial charge on any atom is 0.416 e. The highest BCUT2D eigenvalue weighted by atomic mass is 19.4. The van der Waals surface area contributed by atoms with Gasteiger partial charge in [0.05, 0.1) is 5.56 Å². The summed E-state index contributed by atoms with van der Waals surface area (Å²) in [5, 5.41) is 3.14. The van der Waals surface area contributed by atoms with E-state index in [0.717, 1.165) is 12.5 Å². The van der Waals surface area contributed by atoms with Crippen molar-refractivity contribution in [1.82, 2.24) is 5.32 Å². The lowest BCUT2D eigenvalue weighted by Crippen LogP contribution is -2.20. The van der Waals surface area contributed by atoms with Crippen LogP contribution in [0.5, 0.6) is 0 Å². The molecule has 1 unspecified atom stereocenters. The highest BCUT2D eigenvalue weighted by Gasteiger charge is 2.30. The van der Waals surface area contributed by atoms with Gasteiger partial charge in [-0.1, -0.05) is 18.2 Å². The molecule has 0 aromatic heterocycles. The Morgan fingerprint density at radius 2 is 2.12 bits per heavy atom. The lowest BCUT2D eigenvalue weighted by atomic mass is 10.0. The third-order valence-corrected chi connectivity index (χ3v) is 2.51. The molecule has 1 N–H and O–H groups in total. The third-order valence-electron chi connectivity index (χ3n) is 2.51. The molecule has 1 nitrogen and oxygen atoms in total. The summed E-state index contributed by atoms with van der Waals surface area (Å²) in [5.41, 5.74) is 0.0382. The smallest absolute Gasteiger partial charge is 0.310 e. The summed E-state index contributed by atoms with van der Waals surface area (Å²) in [6.07, 6.45) is -1.72. The van der Waals surface area contributed by atoms with E-state index in [1.165, 1.54) is 12.1 Å². The van der Waals surface area contributed by atoms with E-state index in [4.69, 9.17) is 0 Å². The molecular formula is C13H16F3N. The molecule has 0 aliphatic rings. The highest BCUT2D eigenvalue weighted by molar-refractivity contribution is 5.27. The van der Waals surface area contributed by atoms with Crippen LogP contribution in [0.15, 0.2) is 36.9 Å². The SMILES string of the molecule is C=CCCNC(C)c1cccc(C(F)(F)F)c1. The minimum Gasteiger partial charge on any atom is -0.310 e. The Bertz CT molecular complexity index is 371. The molecule has 1 rings (SSSR count). The molecule has 0 saturated heterocycles. The van der Waals surface area contributed by atoms with Crippen LogP contribution in [-0.2, 0) is 6.18 Å². The Kier molecular flexibility index (Phi) is 4.75. The lowest BCUT2D eigenvalue weighted by molar-refractivity contribution is -0.137. The fourth-order valence-corrected chi connectivity index (χ4v) is 1.50. The summed E-state index contributed by atoms with van der Waals surface area (Å²) in [5.74, 6) is 0. The van der Waals surface area contributed by atoms with Crippen molar-refractivity contribution in [3.05, 3.63) is 48.0 Å². The van der Waals surface area contributed by atoms with Crippen molar-refractivity contribution in [2.75, 3.05) is 6.54 Å². The van der Waals surface area contributed by atoms with Gasteiger partial charge < -0.3 is 5.32 Å². The standard InChI is InChI=1S/C13H16F3N/c1-3-4-8-17-10(2)11-6-5-7-12(9-11)13(14,15)16/h3,5-7,9-10,17H,1,4,8H2,2H3. The van der Waals surface area contributed by atoms with Crippen LogP contribution in [0, 0.1) is 0 Å². The predicted octanol–water partition coefficient (Wildman–Crippen LogP) is 3.93. The van der Waals surface area contributed by atoms with Crippen LogP contribution < -0.4 is 5.32 Å². The Hall–Kier alpha value is -1.29. The lowest BCUT2D eigenvalue weighted by Gasteiger charge is -2.15. The van der Waals surface area contributed by atoms with E-state index in [2.05, 4.69) is 11.9 Å². The molecule has 94 valence electrons. The van der Waals surface area contributed by atoms with Crippen molar-refractivity contribution in [2.45, 2.75) is 25.6 Å². The van der Waals surface area contributed by atoms with Gasteiger partial charge in [0.2, 0.25) is 0 Å². The summed E-state index contributed by atoms with van der Waals surface area (Å²) in [6, 6.07) is 5.30. The van der Waals surface area contributed by atoms with Gasteiger partial charge in [0.15, 0.2) is 0 Å². The first kappa shape index (κ1) is 13.8.